The Balaban J connectivity index is 1.76. The van der Waals surface area contributed by atoms with Gasteiger partial charge >= 0.3 is 0 Å². The summed E-state index contributed by atoms with van der Waals surface area (Å²) in [5.74, 6) is 1.57. The molecule has 0 amide bonds. The van der Waals surface area contributed by atoms with Crippen LogP contribution in [0.1, 0.15) is 25.7 Å². The molecule has 1 aliphatic rings. The number of rotatable bonds is 3. The zero-order valence-corrected chi connectivity index (χ0v) is 11.4. The van der Waals surface area contributed by atoms with Gasteiger partial charge in [0.1, 0.15) is 5.52 Å². The number of para-hydroxylation sites is 2. The summed E-state index contributed by atoms with van der Waals surface area (Å²) in [6.45, 7) is 4.87. The van der Waals surface area contributed by atoms with Gasteiger partial charge in [-0.2, -0.15) is 0 Å². The average molecular weight is 259 g/mol. The van der Waals surface area contributed by atoms with E-state index in [1.807, 2.05) is 24.3 Å². The predicted octanol–water partition coefficient (Wildman–Crippen LogP) is 2.39. The lowest BCUT2D eigenvalue weighted by molar-refractivity contribution is 0.106. The van der Waals surface area contributed by atoms with Crippen LogP contribution in [0.25, 0.3) is 11.1 Å². The molecule has 1 aromatic heterocycles. The molecule has 2 atom stereocenters. The van der Waals surface area contributed by atoms with Crippen molar-refractivity contribution in [3.05, 3.63) is 30.2 Å². The Morgan fingerprint density at radius 1 is 1.42 bits per heavy atom. The molecule has 1 aliphatic heterocycles. The number of piperidine rings is 1. The first-order valence-corrected chi connectivity index (χ1v) is 7.05. The van der Waals surface area contributed by atoms with E-state index in [0.29, 0.717) is 12.6 Å². The van der Waals surface area contributed by atoms with E-state index in [9.17, 15) is 0 Å². The van der Waals surface area contributed by atoms with Crippen molar-refractivity contribution in [2.75, 3.05) is 13.1 Å². The molecule has 0 radical (unpaired) electrons. The molecule has 19 heavy (non-hydrogen) atoms. The Kier molecular flexibility index (Phi) is 3.53. The maximum Gasteiger partial charge on any atom is 0.209 e. The lowest BCUT2D eigenvalue weighted by Crippen LogP contribution is -2.45. The van der Waals surface area contributed by atoms with Gasteiger partial charge in [0, 0.05) is 12.6 Å². The highest BCUT2D eigenvalue weighted by molar-refractivity contribution is 5.72. The maximum atomic E-state index is 5.89. The van der Waals surface area contributed by atoms with Crippen LogP contribution in [0.4, 0.5) is 0 Å². The van der Waals surface area contributed by atoms with Gasteiger partial charge in [0.25, 0.3) is 0 Å². The van der Waals surface area contributed by atoms with Crippen molar-refractivity contribution >= 4 is 11.1 Å². The Morgan fingerprint density at radius 3 is 3.05 bits per heavy atom. The van der Waals surface area contributed by atoms with E-state index in [0.717, 1.165) is 36.0 Å². The van der Waals surface area contributed by atoms with E-state index in [-0.39, 0.29) is 0 Å². The van der Waals surface area contributed by atoms with Gasteiger partial charge in [-0.25, -0.2) is 4.98 Å². The molecule has 2 unspecified atom stereocenters. The van der Waals surface area contributed by atoms with Crippen LogP contribution >= 0.6 is 0 Å². The molecule has 4 heteroatoms. The molecule has 0 saturated carbocycles. The largest absolute Gasteiger partial charge is 0.439 e. The van der Waals surface area contributed by atoms with Crippen LogP contribution in [0.15, 0.2) is 28.7 Å². The van der Waals surface area contributed by atoms with Crippen molar-refractivity contribution < 1.29 is 4.42 Å². The van der Waals surface area contributed by atoms with Crippen LogP contribution in [0.2, 0.25) is 0 Å². The summed E-state index contributed by atoms with van der Waals surface area (Å²) in [5, 5.41) is 0. The number of nitrogens with zero attached hydrogens (tertiary/aromatic N) is 2. The summed E-state index contributed by atoms with van der Waals surface area (Å²) >= 11 is 0. The highest BCUT2D eigenvalue weighted by atomic mass is 16.3. The highest BCUT2D eigenvalue weighted by Gasteiger charge is 2.26. The van der Waals surface area contributed by atoms with Crippen molar-refractivity contribution in [3.63, 3.8) is 0 Å². The second kappa shape index (κ2) is 5.31. The fourth-order valence-electron chi connectivity index (χ4n) is 2.91. The molecular formula is C15H21N3O. The van der Waals surface area contributed by atoms with Gasteiger partial charge in [-0.3, -0.25) is 4.90 Å². The summed E-state index contributed by atoms with van der Waals surface area (Å²) in [7, 11) is 0. The molecule has 4 nitrogen and oxygen atoms in total. The molecule has 0 bridgehead atoms. The van der Waals surface area contributed by atoms with Gasteiger partial charge < -0.3 is 10.2 Å². The third-order valence-electron chi connectivity index (χ3n) is 4.05. The number of likely N-dealkylation sites (tertiary alicyclic amines) is 1. The topological polar surface area (TPSA) is 55.3 Å². The number of aromatic nitrogens is 1. The van der Waals surface area contributed by atoms with Crippen LogP contribution in [0, 0.1) is 5.92 Å². The van der Waals surface area contributed by atoms with E-state index < -0.39 is 0 Å². The van der Waals surface area contributed by atoms with Crippen LogP contribution in [-0.2, 0) is 6.54 Å². The van der Waals surface area contributed by atoms with Gasteiger partial charge in [-0.05, 0) is 37.4 Å². The zero-order valence-electron chi connectivity index (χ0n) is 11.4. The maximum absolute atomic E-state index is 5.89. The fourth-order valence-corrected chi connectivity index (χ4v) is 2.91. The average Bonchev–Trinajstić information content (AvgIpc) is 2.83. The smallest absolute Gasteiger partial charge is 0.209 e. The molecule has 1 saturated heterocycles. The highest BCUT2D eigenvalue weighted by Crippen LogP contribution is 2.24. The number of nitrogens with two attached hydrogens (primary N) is 1. The third kappa shape index (κ3) is 2.65. The summed E-state index contributed by atoms with van der Waals surface area (Å²) in [6.07, 6.45) is 2.41. The Morgan fingerprint density at radius 2 is 2.26 bits per heavy atom. The predicted molar refractivity (Wildman–Crippen MR) is 75.7 cm³/mol. The minimum absolute atomic E-state index is 0.457. The van der Waals surface area contributed by atoms with Crippen molar-refractivity contribution in [2.45, 2.75) is 32.4 Å². The van der Waals surface area contributed by atoms with Crippen LogP contribution in [0.5, 0.6) is 0 Å². The van der Waals surface area contributed by atoms with E-state index >= 15 is 0 Å². The molecule has 2 N–H and O–H groups in total. The monoisotopic (exact) mass is 259 g/mol. The molecule has 2 heterocycles. The molecular weight excluding hydrogens is 238 g/mol. The van der Waals surface area contributed by atoms with E-state index in [1.165, 1.54) is 12.8 Å². The summed E-state index contributed by atoms with van der Waals surface area (Å²) in [6, 6.07) is 8.37. The second-order valence-corrected chi connectivity index (χ2v) is 5.56. The lowest BCUT2D eigenvalue weighted by atomic mass is 9.92. The van der Waals surface area contributed by atoms with Crippen molar-refractivity contribution in [2.24, 2.45) is 11.7 Å². The van der Waals surface area contributed by atoms with E-state index in [4.69, 9.17) is 10.2 Å². The SMILES string of the molecule is CC1CCN(Cc2nc3ccccc3o2)C(CN)C1. The van der Waals surface area contributed by atoms with Gasteiger partial charge in [-0.15, -0.1) is 0 Å². The summed E-state index contributed by atoms with van der Waals surface area (Å²) in [5.41, 5.74) is 7.70. The standard InChI is InChI=1S/C15H21N3O/c1-11-6-7-18(12(8-11)9-16)10-15-17-13-4-2-3-5-14(13)19-15/h2-5,11-12H,6-10,16H2,1H3. The van der Waals surface area contributed by atoms with E-state index in [2.05, 4.69) is 16.8 Å². The summed E-state index contributed by atoms with van der Waals surface area (Å²) in [4.78, 5) is 6.95. The van der Waals surface area contributed by atoms with Gasteiger partial charge in [0.05, 0.1) is 6.54 Å². The normalized spacial score (nSPS) is 24.9. The lowest BCUT2D eigenvalue weighted by Gasteiger charge is -2.37. The Bertz CT molecular complexity index is 518. The molecule has 2 aromatic rings. The van der Waals surface area contributed by atoms with Gasteiger partial charge in [-0.1, -0.05) is 19.1 Å². The molecule has 3 rings (SSSR count). The van der Waals surface area contributed by atoms with Crippen LogP contribution in [0.3, 0.4) is 0 Å². The summed E-state index contributed by atoms with van der Waals surface area (Å²) < 4.78 is 5.80. The molecule has 0 spiro atoms. The Hall–Kier alpha value is -1.39. The number of oxazole rings is 1. The Labute approximate surface area is 113 Å². The molecule has 0 aliphatic carbocycles. The first-order chi connectivity index (χ1) is 9.26. The first kappa shape index (κ1) is 12.6. The minimum Gasteiger partial charge on any atom is -0.439 e. The third-order valence-corrected chi connectivity index (χ3v) is 4.05. The first-order valence-electron chi connectivity index (χ1n) is 7.05. The zero-order chi connectivity index (χ0) is 13.2. The van der Waals surface area contributed by atoms with Gasteiger partial charge in [0.15, 0.2) is 5.58 Å². The van der Waals surface area contributed by atoms with Crippen molar-refractivity contribution in [3.8, 4) is 0 Å². The quantitative estimate of drug-likeness (QED) is 0.919. The van der Waals surface area contributed by atoms with Crippen LogP contribution < -0.4 is 5.73 Å². The van der Waals surface area contributed by atoms with E-state index in [1.54, 1.807) is 0 Å². The fraction of sp³-hybridized carbons (Fsp3) is 0.533. The van der Waals surface area contributed by atoms with Crippen molar-refractivity contribution in [1.82, 2.24) is 9.88 Å². The molecule has 1 aromatic carbocycles. The van der Waals surface area contributed by atoms with Crippen LogP contribution in [-0.4, -0.2) is 29.0 Å². The number of benzene rings is 1. The molecule has 1 fully saturated rings. The van der Waals surface area contributed by atoms with Crippen molar-refractivity contribution in [1.29, 1.82) is 0 Å². The van der Waals surface area contributed by atoms with Gasteiger partial charge in [0.2, 0.25) is 5.89 Å². The second-order valence-electron chi connectivity index (χ2n) is 5.56. The number of fused-ring (bicyclic) bond motifs is 1. The minimum atomic E-state index is 0.457. The number of hydrogen-bond acceptors (Lipinski definition) is 4. The molecule has 102 valence electrons. The number of hydrogen-bond donors (Lipinski definition) is 1.